The maximum atomic E-state index is 12.7. The second-order valence-corrected chi connectivity index (χ2v) is 6.48. The molecule has 0 spiro atoms. The summed E-state index contributed by atoms with van der Waals surface area (Å²) in [7, 11) is 1.63. The van der Waals surface area contributed by atoms with E-state index in [1.54, 1.807) is 24.3 Å². The molecule has 1 N–H and O–H groups in total. The van der Waals surface area contributed by atoms with Crippen molar-refractivity contribution < 1.29 is 14.3 Å². The minimum absolute atomic E-state index is 0.195. The Morgan fingerprint density at radius 1 is 1.29 bits per heavy atom. The lowest BCUT2D eigenvalue weighted by atomic mass is 9.85. The van der Waals surface area contributed by atoms with Crippen LogP contribution in [0.1, 0.15) is 19.8 Å². The maximum Gasteiger partial charge on any atom is 0.248 e. The molecular weight excluding hydrogens is 358 g/mol. The third-order valence-electron chi connectivity index (χ3n) is 4.82. The first-order valence-corrected chi connectivity index (χ1v) is 9.17. The lowest BCUT2D eigenvalue weighted by Crippen LogP contribution is -2.33. The number of hydrogen-bond acceptors (Lipinski definition) is 7. The molecule has 1 amide bonds. The summed E-state index contributed by atoms with van der Waals surface area (Å²) in [6.07, 6.45) is 2.60. The number of nitrogens with zero attached hydrogens (tertiary/aromatic N) is 4. The summed E-state index contributed by atoms with van der Waals surface area (Å²) >= 11 is 0. The zero-order valence-corrected chi connectivity index (χ0v) is 16.0. The average molecular weight is 381 g/mol. The van der Waals surface area contributed by atoms with Gasteiger partial charge in [-0.3, -0.25) is 9.69 Å². The highest BCUT2D eigenvalue weighted by atomic mass is 16.5. The van der Waals surface area contributed by atoms with Crippen LogP contribution in [0.3, 0.4) is 0 Å². The van der Waals surface area contributed by atoms with E-state index < -0.39 is 5.41 Å². The molecule has 28 heavy (non-hydrogen) atoms. The number of nitriles is 1. The van der Waals surface area contributed by atoms with E-state index >= 15 is 0 Å². The van der Waals surface area contributed by atoms with Gasteiger partial charge in [-0.1, -0.05) is 6.92 Å². The highest BCUT2D eigenvalue weighted by Crippen LogP contribution is 2.36. The van der Waals surface area contributed by atoms with E-state index in [1.165, 1.54) is 0 Å². The van der Waals surface area contributed by atoms with Crippen molar-refractivity contribution >= 4 is 23.4 Å². The molecule has 1 aliphatic rings. The normalized spacial score (nSPS) is 18.8. The number of ether oxygens (including phenoxy) is 2. The Kier molecular flexibility index (Phi) is 6.06. The van der Waals surface area contributed by atoms with Crippen molar-refractivity contribution in [3.05, 3.63) is 36.5 Å². The van der Waals surface area contributed by atoms with E-state index in [-0.39, 0.29) is 5.91 Å². The Bertz CT molecular complexity index is 865. The number of anilines is 3. The van der Waals surface area contributed by atoms with Crippen LogP contribution < -0.4 is 15.0 Å². The van der Waals surface area contributed by atoms with Crippen LogP contribution in [0, 0.1) is 16.7 Å². The van der Waals surface area contributed by atoms with Gasteiger partial charge in [-0.2, -0.15) is 10.2 Å². The molecule has 0 radical (unpaired) electrons. The second-order valence-electron chi connectivity index (χ2n) is 6.48. The van der Waals surface area contributed by atoms with Gasteiger partial charge in [-0.25, -0.2) is 4.98 Å². The zero-order chi connectivity index (χ0) is 20.0. The summed E-state index contributed by atoms with van der Waals surface area (Å²) in [6, 6.07) is 11.3. The first-order chi connectivity index (χ1) is 13.6. The second kappa shape index (κ2) is 8.67. The van der Waals surface area contributed by atoms with Crippen LogP contribution in [-0.2, 0) is 9.53 Å². The van der Waals surface area contributed by atoms with Gasteiger partial charge in [-0.15, -0.1) is 0 Å². The molecule has 1 atom stereocenters. The van der Waals surface area contributed by atoms with Crippen molar-refractivity contribution in [2.24, 2.45) is 5.41 Å². The third kappa shape index (κ3) is 4.05. The summed E-state index contributed by atoms with van der Waals surface area (Å²) in [5.74, 6) is 1.42. The third-order valence-corrected chi connectivity index (χ3v) is 4.82. The summed E-state index contributed by atoms with van der Waals surface area (Å²) < 4.78 is 10.5. The summed E-state index contributed by atoms with van der Waals surface area (Å²) in [6.45, 7) is 3.35. The number of benzene rings is 1. The Labute approximate surface area is 164 Å². The number of amides is 1. The van der Waals surface area contributed by atoms with Crippen LogP contribution in [0.4, 0.5) is 17.5 Å². The monoisotopic (exact) mass is 381 g/mol. The molecule has 1 aliphatic heterocycles. The van der Waals surface area contributed by atoms with Crippen LogP contribution in [-0.4, -0.2) is 42.7 Å². The molecule has 8 heteroatoms. The first kappa shape index (κ1) is 19.6. The molecule has 1 saturated heterocycles. The number of nitrogens with one attached hydrogen (secondary N) is 1. The van der Waals surface area contributed by atoms with Gasteiger partial charge < -0.3 is 14.8 Å². The van der Waals surface area contributed by atoms with Crippen LogP contribution in [0.25, 0.3) is 0 Å². The van der Waals surface area contributed by atoms with Crippen LogP contribution >= 0.6 is 0 Å². The van der Waals surface area contributed by atoms with Gasteiger partial charge in [0.1, 0.15) is 23.6 Å². The average Bonchev–Trinajstić information content (AvgIpc) is 3.06. The van der Waals surface area contributed by atoms with E-state index in [0.717, 1.165) is 11.4 Å². The number of hydrogen-bond donors (Lipinski definition) is 1. The summed E-state index contributed by atoms with van der Waals surface area (Å²) in [4.78, 5) is 22.9. The predicted molar refractivity (Wildman–Crippen MR) is 104 cm³/mol. The molecule has 0 aliphatic carbocycles. The van der Waals surface area contributed by atoms with Gasteiger partial charge in [-0.05, 0) is 43.2 Å². The molecular formula is C20H23N5O3. The summed E-state index contributed by atoms with van der Waals surface area (Å²) in [5, 5.41) is 12.6. The van der Waals surface area contributed by atoms with E-state index in [1.807, 2.05) is 31.2 Å². The van der Waals surface area contributed by atoms with Crippen molar-refractivity contribution in [3.63, 3.8) is 0 Å². The number of carbonyl (C=O) groups is 1. The lowest BCUT2D eigenvalue weighted by Gasteiger charge is -2.19. The quantitative estimate of drug-likeness (QED) is 0.702. The Morgan fingerprint density at radius 3 is 2.71 bits per heavy atom. The van der Waals surface area contributed by atoms with E-state index in [0.29, 0.717) is 44.4 Å². The topological polar surface area (TPSA) is 100 Å². The molecule has 1 aromatic heterocycles. The number of carbonyl (C=O) groups excluding carboxylic acids is 1. The minimum atomic E-state index is -0.947. The molecule has 2 aromatic rings. The smallest absolute Gasteiger partial charge is 0.248 e. The Morgan fingerprint density at radius 2 is 2.07 bits per heavy atom. The summed E-state index contributed by atoms with van der Waals surface area (Å²) in [5.41, 5.74) is -0.152. The van der Waals surface area contributed by atoms with Crippen molar-refractivity contribution in [2.45, 2.75) is 19.8 Å². The van der Waals surface area contributed by atoms with E-state index in [2.05, 4.69) is 21.4 Å². The number of rotatable bonds is 8. The largest absolute Gasteiger partial charge is 0.491 e. The van der Waals surface area contributed by atoms with Crippen molar-refractivity contribution in [2.75, 3.05) is 37.1 Å². The number of methoxy groups -OCH3 is 1. The molecule has 8 nitrogen and oxygen atoms in total. The van der Waals surface area contributed by atoms with Crippen LogP contribution in [0.2, 0.25) is 0 Å². The van der Waals surface area contributed by atoms with Crippen molar-refractivity contribution in [1.82, 2.24) is 9.97 Å². The Balaban J connectivity index is 1.69. The van der Waals surface area contributed by atoms with Crippen molar-refractivity contribution in [1.29, 1.82) is 5.26 Å². The van der Waals surface area contributed by atoms with E-state index in [9.17, 15) is 10.1 Å². The van der Waals surface area contributed by atoms with Gasteiger partial charge in [0.05, 0.1) is 12.7 Å². The molecule has 0 saturated carbocycles. The number of aromatic nitrogens is 2. The van der Waals surface area contributed by atoms with Crippen LogP contribution in [0.5, 0.6) is 5.75 Å². The van der Waals surface area contributed by atoms with Gasteiger partial charge in [0.15, 0.2) is 0 Å². The van der Waals surface area contributed by atoms with E-state index in [4.69, 9.17) is 9.47 Å². The van der Waals surface area contributed by atoms with Crippen molar-refractivity contribution in [3.8, 4) is 11.8 Å². The Hall–Kier alpha value is -3.18. The SMILES string of the molecule is CCC1(C#N)CCN(c2ccnc(Nc3ccc(OCCOC)cc3)n2)C1=O. The lowest BCUT2D eigenvalue weighted by molar-refractivity contribution is -0.123. The standard InChI is InChI=1S/C20H23N5O3/c1-3-20(14-21)9-11-25(18(20)26)17-8-10-22-19(24-17)23-15-4-6-16(7-5-15)28-13-12-27-2/h4-8,10H,3,9,11-13H2,1-2H3,(H,22,23,24). The molecule has 1 aromatic carbocycles. The maximum absolute atomic E-state index is 12.7. The highest BCUT2D eigenvalue weighted by Gasteiger charge is 2.46. The van der Waals surface area contributed by atoms with Gasteiger partial charge >= 0.3 is 0 Å². The minimum Gasteiger partial charge on any atom is -0.491 e. The fourth-order valence-corrected chi connectivity index (χ4v) is 3.07. The fourth-order valence-electron chi connectivity index (χ4n) is 3.07. The predicted octanol–water partition coefficient (Wildman–Crippen LogP) is 2.90. The molecule has 2 heterocycles. The molecule has 1 unspecified atom stereocenters. The van der Waals surface area contributed by atoms with Crippen LogP contribution in [0.15, 0.2) is 36.5 Å². The highest BCUT2D eigenvalue weighted by molar-refractivity contribution is 6.01. The molecule has 146 valence electrons. The van der Waals surface area contributed by atoms with Gasteiger partial charge in [0, 0.05) is 25.5 Å². The molecule has 3 rings (SSSR count). The first-order valence-electron chi connectivity index (χ1n) is 9.17. The molecule has 1 fully saturated rings. The van der Waals surface area contributed by atoms with Gasteiger partial charge in [0.25, 0.3) is 0 Å². The fraction of sp³-hybridized carbons (Fsp3) is 0.400. The molecule has 0 bridgehead atoms. The van der Waals surface area contributed by atoms with Gasteiger partial charge in [0.2, 0.25) is 11.9 Å². The zero-order valence-electron chi connectivity index (χ0n) is 16.0.